The molecule has 0 bridgehead atoms. The number of pyridine rings is 1. The Balaban J connectivity index is 1.74. The summed E-state index contributed by atoms with van der Waals surface area (Å²) in [7, 11) is 0. The Morgan fingerprint density at radius 3 is 2.64 bits per heavy atom. The zero-order chi connectivity index (χ0) is 17.2. The van der Waals surface area contributed by atoms with Crippen molar-refractivity contribution >= 4 is 33.2 Å². The lowest BCUT2D eigenvalue weighted by Crippen LogP contribution is -2.40. The second-order valence-electron chi connectivity index (χ2n) is 5.93. The quantitative estimate of drug-likeness (QED) is 0.688. The first-order valence-electron chi connectivity index (χ1n) is 8.05. The van der Waals surface area contributed by atoms with E-state index < -0.39 is 0 Å². The minimum absolute atomic E-state index is 0.0418. The van der Waals surface area contributed by atoms with Crippen LogP contribution in [0.25, 0.3) is 0 Å². The molecule has 25 heavy (non-hydrogen) atoms. The summed E-state index contributed by atoms with van der Waals surface area (Å²) in [4.78, 5) is 19.1. The fourth-order valence-electron chi connectivity index (χ4n) is 3.10. The Labute approximate surface area is 154 Å². The highest BCUT2D eigenvalue weighted by Crippen LogP contribution is 2.36. The number of nitrogens with zero attached hydrogens (tertiary/aromatic N) is 2. The number of hydrogen-bond acceptors (Lipinski definition) is 3. The van der Waals surface area contributed by atoms with E-state index in [1.807, 2.05) is 47.4 Å². The summed E-state index contributed by atoms with van der Waals surface area (Å²) in [5.41, 5.74) is 3.57. The first-order valence-corrected chi connectivity index (χ1v) is 8.84. The van der Waals surface area contributed by atoms with E-state index in [4.69, 9.17) is 0 Å². The van der Waals surface area contributed by atoms with E-state index >= 15 is 0 Å². The molecule has 4 rings (SSSR count). The highest BCUT2D eigenvalue weighted by molar-refractivity contribution is 9.10. The summed E-state index contributed by atoms with van der Waals surface area (Å²) in [5, 5.41) is 3.54. The van der Waals surface area contributed by atoms with Crippen molar-refractivity contribution in [1.82, 2.24) is 4.98 Å². The lowest BCUT2D eigenvalue weighted by Gasteiger charge is -2.36. The van der Waals surface area contributed by atoms with Gasteiger partial charge in [-0.05, 0) is 39.7 Å². The molecule has 3 aromatic rings. The fraction of sp³-hybridized carbons (Fsp3) is 0.100. The number of amides is 1. The normalized spacial score (nSPS) is 16.0. The van der Waals surface area contributed by atoms with E-state index in [1.165, 1.54) is 0 Å². The number of hydrogen-bond donors (Lipinski definition) is 1. The summed E-state index contributed by atoms with van der Waals surface area (Å²) in [6.07, 6.45) is 3.28. The highest BCUT2D eigenvalue weighted by atomic mass is 79.9. The molecular weight excluding hydrogens is 378 g/mol. The summed E-state index contributed by atoms with van der Waals surface area (Å²) in [6.45, 7) is 0.562. The van der Waals surface area contributed by atoms with Crippen LogP contribution in [0.5, 0.6) is 0 Å². The van der Waals surface area contributed by atoms with Crippen LogP contribution in [-0.2, 0) is 0 Å². The predicted molar refractivity (Wildman–Crippen MR) is 103 cm³/mol. The molecule has 1 aromatic heterocycles. The number of halogens is 1. The average Bonchev–Trinajstić information content (AvgIpc) is 2.67. The predicted octanol–water partition coefficient (Wildman–Crippen LogP) is 4.66. The average molecular weight is 394 g/mol. The first kappa shape index (κ1) is 15.8. The fourth-order valence-corrected chi connectivity index (χ4v) is 3.46. The maximum Gasteiger partial charge on any atom is 0.260 e. The third-order valence-electron chi connectivity index (χ3n) is 4.29. The summed E-state index contributed by atoms with van der Waals surface area (Å²) < 4.78 is 0.793. The number of para-hydroxylation sites is 2. The Morgan fingerprint density at radius 2 is 1.84 bits per heavy atom. The molecule has 1 N–H and O–H groups in total. The van der Waals surface area contributed by atoms with Gasteiger partial charge in [-0.15, -0.1) is 0 Å². The van der Waals surface area contributed by atoms with Crippen molar-refractivity contribution in [1.29, 1.82) is 0 Å². The van der Waals surface area contributed by atoms with Crippen LogP contribution in [0.2, 0.25) is 0 Å². The number of fused-ring (bicyclic) bond motifs is 1. The molecular formula is C20H16BrN3O. The number of rotatable bonds is 2. The summed E-state index contributed by atoms with van der Waals surface area (Å²) in [5.74, 6) is -0.0521. The van der Waals surface area contributed by atoms with Gasteiger partial charge in [0.1, 0.15) is 0 Å². The molecule has 1 aliphatic heterocycles. The summed E-state index contributed by atoms with van der Waals surface area (Å²) in [6, 6.07) is 19.9. The number of aromatic nitrogens is 1. The first-order chi connectivity index (χ1) is 12.2. The Kier molecular flexibility index (Phi) is 4.24. The lowest BCUT2D eigenvalue weighted by atomic mass is 10.0. The molecule has 0 radical (unpaired) electrons. The van der Waals surface area contributed by atoms with Gasteiger partial charge in [-0.2, -0.15) is 0 Å². The smallest absolute Gasteiger partial charge is 0.260 e. The van der Waals surface area contributed by atoms with E-state index in [1.54, 1.807) is 18.5 Å². The van der Waals surface area contributed by atoms with Gasteiger partial charge in [-0.1, -0.05) is 42.5 Å². The van der Waals surface area contributed by atoms with Crippen LogP contribution in [-0.4, -0.2) is 17.4 Å². The number of carbonyl (C=O) groups excluding carboxylic acids is 1. The molecule has 4 nitrogen and oxygen atoms in total. The van der Waals surface area contributed by atoms with Crippen molar-refractivity contribution in [2.75, 3.05) is 16.8 Å². The van der Waals surface area contributed by atoms with Gasteiger partial charge in [0.05, 0.1) is 29.5 Å². The maximum absolute atomic E-state index is 13.1. The van der Waals surface area contributed by atoms with Crippen LogP contribution in [0.15, 0.2) is 77.5 Å². The van der Waals surface area contributed by atoms with Crippen molar-refractivity contribution in [2.24, 2.45) is 0 Å². The number of nitrogens with one attached hydrogen (secondary N) is 1. The van der Waals surface area contributed by atoms with Gasteiger partial charge in [0.15, 0.2) is 0 Å². The molecule has 2 heterocycles. The van der Waals surface area contributed by atoms with Gasteiger partial charge in [-0.3, -0.25) is 9.78 Å². The second kappa shape index (κ2) is 6.69. The largest absolute Gasteiger partial charge is 0.375 e. The maximum atomic E-state index is 13.1. The molecule has 0 spiro atoms. The van der Waals surface area contributed by atoms with Crippen molar-refractivity contribution < 1.29 is 4.79 Å². The molecule has 1 atom stereocenters. The van der Waals surface area contributed by atoms with Crippen molar-refractivity contribution in [3.63, 3.8) is 0 Å². The van der Waals surface area contributed by atoms with Crippen LogP contribution < -0.4 is 10.2 Å². The SMILES string of the molecule is O=C(c1cncc(Br)c1)N1CC(c2ccccc2)Nc2ccccc21. The zero-order valence-corrected chi connectivity index (χ0v) is 15.0. The number of carbonyl (C=O) groups is 1. The Morgan fingerprint density at radius 1 is 1.08 bits per heavy atom. The molecule has 124 valence electrons. The molecule has 5 heteroatoms. The van der Waals surface area contributed by atoms with Crippen LogP contribution in [0, 0.1) is 0 Å². The van der Waals surface area contributed by atoms with Crippen LogP contribution >= 0.6 is 15.9 Å². The van der Waals surface area contributed by atoms with E-state index in [0.29, 0.717) is 12.1 Å². The lowest BCUT2D eigenvalue weighted by molar-refractivity contribution is 0.0984. The van der Waals surface area contributed by atoms with E-state index in [2.05, 4.69) is 38.4 Å². The third-order valence-corrected chi connectivity index (χ3v) is 4.72. The summed E-state index contributed by atoms with van der Waals surface area (Å²) >= 11 is 3.39. The number of anilines is 2. The molecule has 0 saturated carbocycles. The Hall–Kier alpha value is -2.66. The molecule has 0 fully saturated rings. The van der Waals surface area contributed by atoms with Gasteiger partial charge in [0.2, 0.25) is 0 Å². The van der Waals surface area contributed by atoms with Crippen molar-refractivity contribution in [3.05, 3.63) is 88.7 Å². The Bertz CT molecular complexity index is 914. The van der Waals surface area contributed by atoms with Gasteiger partial charge < -0.3 is 10.2 Å². The van der Waals surface area contributed by atoms with Crippen LogP contribution in [0.1, 0.15) is 22.0 Å². The second-order valence-corrected chi connectivity index (χ2v) is 6.85. The van der Waals surface area contributed by atoms with Crippen molar-refractivity contribution in [2.45, 2.75) is 6.04 Å². The third kappa shape index (κ3) is 3.15. The molecule has 0 saturated heterocycles. The van der Waals surface area contributed by atoms with E-state index in [-0.39, 0.29) is 11.9 Å². The minimum Gasteiger partial charge on any atom is -0.375 e. The zero-order valence-electron chi connectivity index (χ0n) is 13.4. The standard InChI is InChI=1S/C20H16BrN3O/c21-16-10-15(11-22-12-16)20(25)24-13-18(14-6-2-1-3-7-14)23-17-8-4-5-9-19(17)24/h1-12,18,23H,13H2. The molecule has 1 amide bonds. The van der Waals surface area contributed by atoms with E-state index in [9.17, 15) is 4.79 Å². The van der Waals surface area contributed by atoms with Gasteiger partial charge in [-0.25, -0.2) is 0 Å². The van der Waals surface area contributed by atoms with Gasteiger partial charge >= 0.3 is 0 Å². The van der Waals surface area contributed by atoms with Gasteiger partial charge in [0.25, 0.3) is 5.91 Å². The molecule has 1 unspecified atom stereocenters. The van der Waals surface area contributed by atoms with Crippen molar-refractivity contribution in [3.8, 4) is 0 Å². The molecule has 1 aliphatic rings. The topological polar surface area (TPSA) is 45.2 Å². The van der Waals surface area contributed by atoms with Crippen LogP contribution in [0.4, 0.5) is 11.4 Å². The minimum atomic E-state index is -0.0521. The monoisotopic (exact) mass is 393 g/mol. The highest BCUT2D eigenvalue weighted by Gasteiger charge is 2.29. The molecule has 0 aliphatic carbocycles. The van der Waals surface area contributed by atoms with Crippen LogP contribution in [0.3, 0.4) is 0 Å². The number of benzene rings is 2. The van der Waals surface area contributed by atoms with Gasteiger partial charge in [0, 0.05) is 16.9 Å². The van der Waals surface area contributed by atoms with E-state index in [0.717, 1.165) is 21.4 Å². The molecule has 2 aromatic carbocycles.